The highest BCUT2D eigenvalue weighted by Crippen LogP contribution is 2.17. The lowest BCUT2D eigenvalue weighted by Crippen LogP contribution is -2.43. The van der Waals surface area contributed by atoms with E-state index in [0.29, 0.717) is 11.5 Å². The molecule has 0 spiro atoms. The molecule has 138 valence electrons. The van der Waals surface area contributed by atoms with E-state index in [1.807, 2.05) is 55.6 Å². The van der Waals surface area contributed by atoms with E-state index in [1.54, 1.807) is 10.9 Å². The van der Waals surface area contributed by atoms with Gasteiger partial charge < -0.3 is 15.5 Å². The first-order chi connectivity index (χ1) is 13.2. The molecule has 0 saturated carbocycles. The van der Waals surface area contributed by atoms with Crippen molar-refractivity contribution < 1.29 is 4.79 Å². The maximum absolute atomic E-state index is 12.6. The van der Waals surface area contributed by atoms with Crippen LogP contribution in [-0.4, -0.2) is 46.9 Å². The van der Waals surface area contributed by atoms with E-state index in [4.69, 9.17) is 0 Å². The molecule has 27 heavy (non-hydrogen) atoms. The van der Waals surface area contributed by atoms with Crippen LogP contribution in [0.25, 0.3) is 5.69 Å². The van der Waals surface area contributed by atoms with Crippen molar-refractivity contribution in [2.24, 2.45) is 0 Å². The molecule has 1 amide bonds. The number of piperazine rings is 1. The van der Waals surface area contributed by atoms with Gasteiger partial charge in [0.2, 0.25) is 0 Å². The average Bonchev–Trinajstić information content (AvgIpc) is 3.12. The van der Waals surface area contributed by atoms with Gasteiger partial charge in [0, 0.05) is 37.9 Å². The van der Waals surface area contributed by atoms with Crippen LogP contribution in [0, 0.1) is 6.92 Å². The summed E-state index contributed by atoms with van der Waals surface area (Å²) in [4.78, 5) is 19.3. The van der Waals surface area contributed by atoms with Crippen LogP contribution in [0.15, 0.2) is 54.9 Å². The summed E-state index contributed by atoms with van der Waals surface area (Å²) in [6, 6.07) is 13.5. The SMILES string of the molecule is Cc1cn(-c2ccccc2)nc1C(=O)Nc1ccc(N2CCNCC2)cn1. The Morgan fingerprint density at radius 3 is 2.56 bits per heavy atom. The van der Waals surface area contributed by atoms with Crippen molar-refractivity contribution in [1.29, 1.82) is 0 Å². The number of carbonyl (C=O) groups is 1. The van der Waals surface area contributed by atoms with Crippen molar-refractivity contribution in [3.63, 3.8) is 0 Å². The minimum atomic E-state index is -0.260. The molecule has 3 aromatic rings. The lowest BCUT2D eigenvalue weighted by atomic mass is 10.2. The van der Waals surface area contributed by atoms with Crippen LogP contribution >= 0.6 is 0 Å². The van der Waals surface area contributed by atoms with Gasteiger partial charge in [0.25, 0.3) is 5.91 Å². The highest BCUT2D eigenvalue weighted by atomic mass is 16.2. The van der Waals surface area contributed by atoms with Gasteiger partial charge in [-0.05, 0) is 31.2 Å². The number of anilines is 2. The zero-order valence-corrected chi connectivity index (χ0v) is 15.2. The van der Waals surface area contributed by atoms with E-state index in [1.165, 1.54) is 0 Å². The second kappa shape index (κ2) is 7.59. The number of amides is 1. The van der Waals surface area contributed by atoms with Crippen molar-refractivity contribution in [3.8, 4) is 5.69 Å². The molecule has 7 nitrogen and oxygen atoms in total. The molecule has 1 aliphatic heterocycles. The quantitative estimate of drug-likeness (QED) is 0.744. The lowest BCUT2D eigenvalue weighted by molar-refractivity contribution is 0.102. The number of aryl methyl sites for hydroxylation is 1. The zero-order valence-electron chi connectivity index (χ0n) is 15.2. The number of nitrogens with zero attached hydrogens (tertiary/aromatic N) is 4. The van der Waals surface area contributed by atoms with Crippen molar-refractivity contribution in [3.05, 3.63) is 66.1 Å². The van der Waals surface area contributed by atoms with Crippen LogP contribution in [0.5, 0.6) is 0 Å². The normalized spacial score (nSPS) is 14.2. The molecule has 0 unspecified atom stereocenters. The van der Waals surface area contributed by atoms with Crippen LogP contribution in [-0.2, 0) is 0 Å². The number of pyridine rings is 1. The largest absolute Gasteiger partial charge is 0.368 e. The first kappa shape index (κ1) is 17.2. The molecule has 4 rings (SSSR count). The number of benzene rings is 1. The Labute approximate surface area is 158 Å². The topological polar surface area (TPSA) is 75.1 Å². The molecule has 0 bridgehead atoms. The Hall–Kier alpha value is -3.19. The van der Waals surface area contributed by atoms with Gasteiger partial charge in [-0.2, -0.15) is 5.10 Å². The lowest BCUT2D eigenvalue weighted by Gasteiger charge is -2.29. The molecule has 2 N–H and O–H groups in total. The maximum Gasteiger partial charge on any atom is 0.277 e. The maximum atomic E-state index is 12.6. The monoisotopic (exact) mass is 362 g/mol. The Bertz CT molecular complexity index is 913. The summed E-state index contributed by atoms with van der Waals surface area (Å²) in [6.07, 6.45) is 3.65. The van der Waals surface area contributed by atoms with Gasteiger partial charge in [-0.1, -0.05) is 18.2 Å². The fourth-order valence-electron chi connectivity index (χ4n) is 3.14. The summed E-state index contributed by atoms with van der Waals surface area (Å²) < 4.78 is 1.71. The number of para-hydroxylation sites is 1. The van der Waals surface area contributed by atoms with Gasteiger partial charge in [-0.25, -0.2) is 9.67 Å². The molecule has 1 aliphatic rings. The van der Waals surface area contributed by atoms with E-state index in [0.717, 1.165) is 43.1 Å². The van der Waals surface area contributed by atoms with Gasteiger partial charge in [0.05, 0.1) is 17.6 Å². The predicted molar refractivity (Wildman–Crippen MR) is 106 cm³/mol. The summed E-state index contributed by atoms with van der Waals surface area (Å²) in [5, 5.41) is 10.6. The van der Waals surface area contributed by atoms with Crippen LogP contribution in [0.2, 0.25) is 0 Å². The van der Waals surface area contributed by atoms with E-state index < -0.39 is 0 Å². The number of hydrogen-bond donors (Lipinski definition) is 2. The molecule has 2 aromatic heterocycles. The molecule has 1 saturated heterocycles. The highest BCUT2D eigenvalue weighted by Gasteiger charge is 2.16. The van der Waals surface area contributed by atoms with E-state index in [2.05, 4.69) is 25.6 Å². The number of hydrogen-bond acceptors (Lipinski definition) is 5. The predicted octanol–water partition coefficient (Wildman–Crippen LogP) is 2.24. The third-order valence-electron chi connectivity index (χ3n) is 4.60. The standard InChI is InChI=1S/C20H22N6O/c1-15-14-26(16-5-3-2-4-6-16)24-19(15)20(27)23-18-8-7-17(13-22-18)25-11-9-21-10-12-25/h2-8,13-14,21H,9-12H2,1H3,(H,22,23,27). The summed E-state index contributed by atoms with van der Waals surface area (Å²) in [7, 11) is 0. The van der Waals surface area contributed by atoms with E-state index >= 15 is 0 Å². The summed E-state index contributed by atoms with van der Waals surface area (Å²) in [6.45, 7) is 5.75. The van der Waals surface area contributed by atoms with Crippen molar-refractivity contribution >= 4 is 17.4 Å². The molecular weight excluding hydrogens is 340 g/mol. The van der Waals surface area contributed by atoms with Crippen LogP contribution in [0.1, 0.15) is 16.1 Å². The van der Waals surface area contributed by atoms with Crippen molar-refractivity contribution in [2.45, 2.75) is 6.92 Å². The summed E-state index contributed by atoms with van der Waals surface area (Å²) in [5.41, 5.74) is 3.19. The van der Waals surface area contributed by atoms with Gasteiger partial charge in [-0.15, -0.1) is 0 Å². The summed E-state index contributed by atoms with van der Waals surface area (Å²) in [5.74, 6) is 0.261. The number of aromatic nitrogens is 3. The third-order valence-corrected chi connectivity index (χ3v) is 4.60. The molecule has 7 heteroatoms. The first-order valence-electron chi connectivity index (χ1n) is 9.05. The second-order valence-corrected chi connectivity index (χ2v) is 6.53. The molecule has 1 fully saturated rings. The second-order valence-electron chi connectivity index (χ2n) is 6.53. The number of nitrogens with one attached hydrogen (secondary N) is 2. The summed E-state index contributed by atoms with van der Waals surface area (Å²) >= 11 is 0. The molecule has 0 atom stereocenters. The molecule has 1 aromatic carbocycles. The Morgan fingerprint density at radius 2 is 1.85 bits per heavy atom. The minimum absolute atomic E-state index is 0.260. The van der Waals surface area contributed by atoms with Gasteiger partial charge in [0.1, 0.15) is 5.82 Å². The third kappa shape index (κ3) is 3.83. The van der Waals surface area contributed by atoms with E-state index in [9.17, 15) is 4.79 Å². The Kier molecular flexibility index (Phi) is 4.84. The van der Waals surface area contributed by atoms with Crippen LogP contribution in [0.3, 0.4) is 0 Å². The molecule has 0 aliphatic carbocycles. The number of rotatable bonds is 4. The Balaban J connectivity index is 1.47. The van der Waals surface area contributed by atoms with Crippen molar-refractivity contribution in [2.75, 3.05) is 36.4 Å². The Morgan fingerprint density at radius 1 is 1.07 bits per heavy atom. The fourth-order valence-corrected chi connectivity index (χ4v) is 3.14. The van der Waals surface area contributed by atoms with Gasteiger partial charge in [0.15, 0.2) is 5.69 Å². The first-order valence-corrected chi connectivity index (χ1v) is 9.05. The van der Waals surface area contributed by atoms with Crippen molar-refractivity contribution in [1.82, 2.24) is 20.1 Å². The smallest absolute Gasteiger partial charge is 0.277 e. The van der Waals surface area contributed by atoms with Crippen LogP contribution in [0.4, 0.5) is 11.5 Å². The number of carbonyl (C=O) groups excluding carboxylic acids is 1. The van der Waals surface area contributed by atoms with Crippen LogP contribution < -0.4 is 15.5 Å². The van der Waals surface area contributed by atoms with E-state index in [-0.39, 0.29) is 5.91 Å². The molecule has 0 radical (unpaired) electrons. The minimum Gasteiger partial charge on any atom is -0.368 e. The molecule has 3 heterocycles. The fraction of sp³-hybridized carbons (Fsp3) is 0.250. The van der Waals surface area contributed by atoms with Gasteiger partial charge >= 0.3 is 0 Å². The zero-order chi connectivity index (χ0) is 18.6. The average molecular weight is 362 g/mol. The highest BCUT2D eigenvalue weighted by molar-refractivity contribution is 6.03. The molecular formula is C20H22N6O. The van der Waals surface area contributed by atoms with Gasteiger partial charge in [-0.3, -0.25) is 4.79 Å².